The summed E-state index contributed by atoms with van der Waals surface area (Å²) in [6, 6.07) is 15.6. The Hall–Kier alpha value is -2.93. The van der Waals surface area contributed by atoms with Crippen molar-refractivity contribution in [1.29, 1.82) is 0 Å². The fraction of sp³-hybridized carbons (Fsp3) is 0.250. The van der Waals surface area contributed by atoms with E-state index in [2.05, 4.69) is 13.6 Å². The zero-order valence-corrected chi connectivity index (χ0v) is 15.4. The average Bonchev–Trinajstić information content (AvgIpc) is 3.26. The number of amides is 1. The largest absolute Gasteiger partial charge is 0.457 e. The van der Waals surface area contributed by atoms with Crippen molar-refractivity contribution < 1.29 is 9.53 Å². The summed E-state index contributed by atoms with van der Waals surface area (Å²) < 4.78 is 14.4. The molecule has 6 nitrogen and oxygen atoms in total. The molecule has 0 unspecified atom stereocenters. The molecule has 0 bridgehead atoms. The molecule has 3 heterocycles. The third kappa shape index (κ3) is 2.84. The second-order valence-electron chi connectivity index (χ2n) is 6.69. The first-order valence-corrected chi connectivity index (χ1v) is 9.71. The van der Waals surface area contributed by atoms with Crippen LogP contribution in [0, 0.1) is 0 Å². The van der Waals surface area contributed by atoms with Gasteiger partial charge in [0.05, 0.1) is 23.8 Å². The fourth-order valence-corrected chi connectivity index (χ4v) is 4.25. The summed E-state index contributed by atoms with van der Waals surface area (Å²) in [5.74, 6) is 2.24. The fourth-order valence-electron chi connectivity index (χ4n) is 3.81. The lowest BCUT2D eigenvalue weighted by molar-refractivity contribution is -0.132. The number of hydrogen-bond donors (Lipinski definition) is 0. The predicted molar refractivity (Wildman–Crippen MR) is 104 cm³/mol. The van der Waals surface area contributed by atoms with Crippen LogP contribution in [0.5, 0.6) is 11.5 Å². The lowest BCUT2D eigenvalue weighted by Crippen LogP contribution is -2.50. The smallest absolute Gasteiger partial charge is 0.234 e. The number of carbonyl (C=O) groups excluding carboxylic acids is 1. The summed E-state index contributed by atoms with van der Waals surface area (Å²) in [5, 5.41) is 0. The van der Waals surface area contributed by atoms with Gasteiger partial charge in [-0.1, -0.05) is 36.4 Å². The molecule has 0 spiro atoms. The number of carbonyl (C=O) groups is 1. The highest BCUT2D eigenvalue weighted by Gasteiger charge is 2.36. The van der Waals surface area contributed by atoms with Crippen LogP contribution >= 0.6 is 11.7 Å². The monoisotopic (exact) mass is 378 g/mol. The number of piperazine rings is 1. The summed E-state index contributed by atoms with van der Waals surface area (Å²) in [6.07, 6.45) is 1.78. The van der Waals surface area contributed by atoms with E-state index in [1.165, 1.54) is 11.7 Å². The Kier molecular flexibility index (Phi) is 4.01. The lowest BCUT2D eigenvalue weighted by atomic mass is 9.86. The van der Waals surface area contributed by atoms with Gasteiger partial charge in [0.15, 0.2) is 5.82 Å². The summed E-state index contributed by atoms with van der Waals surface area (Å²) in [6.45, 7) is 2.89. The number of nitrogens with zero attached hydrogens (tertiary/aromatic N) is 4. The van der Waals surface area contributed by atoms with Gasteiger partial charge in [-0.2, -0.15) is 8.75 Å². The van der Waals surface area contributed by atoms with Crippen LogP contribution in [-0.4, -0.2) is 45.7 Å². The van der Waals surface area contributed by atoms with E-state index in [1.54, 1.807) is 6.20 Å². The minimum absolute atomic E-state index is 0.134. The van der Waals surface area contributed by atoms with Crippen molar-refractivity contribution in [2.75, 3.05) is 31.1 Å². The van der Waals surface area contributed by atoms with Crippen LogP contribution in [0.25, 0.3) is 0 Å². The molecule has 0 N–H and O–H groups in total. The molecule has 1 aromatic heterocycles. The van der Waals surface area contributed by atoms with E-state index in [0.717, 1.165) is 41.5 Å². The molecular weight excluding hydrogens is 360 g/mol. The maximum Gasteiger partial charge on any atom is 0.234 e. The average molecular weight is 378 g/mol. The number of aromatic nitrogens is 2. The van der Waals surface area contributed by atoms with Gasteiger partial charge < -0.3 is 14.5 Å². The van der Waals surface area contributed by atoms with Gasteiger partial charge in [0.2, 0.25) is 5.91 Å². The van der Waals surface area contributed by atoms with E-state index >= 15 is 0 Å². The Labute approximate surface area is 161 Å². The van der Waals surface area contributed by atoms with Gasteiger partial charge in [-0.15, -0.1) is 0 Å². The van der Waals surface area contributed by atoms with Crippen molar-refractivity contribution in [1.82, 2.24) is 13.6 Å². The Morgan fingerprint density at radius 3 is 2.19 bits per heavy atom. The standard InChI is InChI=1S/C20H18N4O2S/c25-20(24-11-9-23(10-12-24)18-13-21-27-22-18)19-14-5-1-3-7-16(14)26-17-8-4-2-6-15(17)19/h1-8,13,19H,9-12H2. The van der Waals surface area contributed by atoms with E-state index in [0.29, 0.717) is 13.1 Å². The highest BCUT2D eigenvalue weighted by molar-refractivity contribution is 6.99. The van der Waals surface area contributed by atoms with E-state index in [-0.39, 0.29) is 11.8 Å². The summed E-state index contributed by atoms with van der Waals surface area (Å²) in [4.78, 5) is 17.6. The first-order valence-electron chi connectivity index (χ1n) is 8.98. The molecule has 7 heteroatoms. The first kappa shape index (κ1) is 16.3. The maximum atomic E-state index is 13.5. The van der Waals surface area contributed by atoms with Crippen LogP contribution in [0.3, 0.4) is 0 Å². The zero-order chi connectivity index (χ0) is 18.2. The van der Waals surface area contributed by atoms with E-state index in [4.69, 9.17) is 4.74 Å². The second kappa shape index (κ2) is 6.66. The van der Waals surface area contributed by atoms with Crippen molar-refractivity contribution in [2.45, 2.75) is 5.92 Å². The molecule has 1 amide bonds. The number of fused-ring (bicyclic) bond motifs is 2. The van der Waals surface area contributed by atoms with E-state index in [1.807, 2.05) is 53.4 Å². The summed E-state index contributed by atoms with van der Waals surface area (Å²) >= 11 is 1.21. The molecule has 0 aliphatic carbocycles. The van der Waals surface area contributed by atoms with Gasteiger partial charge in [0.1, 0.15) is 11.5 Å². The lowest BCUT2D eigenvalue weighted by Gasteiger charge is -2.37. The molecule has 136 valence electrons. The normalized spacial score (nSPS) is 16.4. The van der Waals surface area contributed by atoms with Crippen LogP contribution in [-0.2, 0) is 4.79 Å². The molecule has 5 rings (SSSR count). The highest BCUT2D eigenvalue weighted by Crippen LogP contribution is 2.44. The second-order valence-corrected chi connectivity index (χ2v) is 7.25. The van der Waals surface area contributed by atoms with Gasteiger partial charge >= 0.3 is 0 Å². The quantitative estimate of drug-likeness (QED) is 0.686. The number of anilines is 1. The van der Waals surface area contributed by atoms with Gasteiger partial charge in [0.25, 0.3) is 0 Å². The van der Waals surface area contributed by atoms with E-state index in [9.17, 15) is 4.79 Å². The number of hydrogen-bond acceptors (Lipinski definition) is 6. The van der Waals surface area contributed by atoms with Crippen LogP contribution in [0.4, 0.5) is 5.82 Å². The number of rotatable bonds is 2. The molecule has 0 saturated carbocycles. The maximum absolute atomic E-state index is 13.5. The third-order valence-corrected chi connectivity index (χ3v) is 5.66. The molecule has 2 aliphatic rings. The molecule has 2 aliphatic heterocycles. The Morgan fingerprint density at radius 1 is 0.963 bits per heavy atom. The van der Waals surface area contributed by atoms with Crippen LogP contribution < -0.4 is 9.64 Å². The van der Waals surface area contributed by atoms with Crippen LogP contribution in [0.2, 0.25) is 0 Å². The van der Waals surface area contributed by atoms with Gasteiger partial charge in [-0.25, -0.2) is 0 Å². The molecular formula is C20H18N4O2S. The zero-order valence-electron chi connectivity index (χ0n) is 14.6. The molecule has 2 aromatic carbocycles. The summed E-state index contributed by atoms with van der Waals surface area (Å²) in [7, 11) is 0. The van der Waals surface area contributed by atoms with Gasteiger partial charge in [-0.3, -0.25) is 4.79 Å². The van der Waals surface area contributed by atoms with Crippen molar-refractivity contribution >= 4 is 23.5 Å². The van der Waals surface area contributed by atoms with Crippen molar-refractivity contribution in [3.63, 3.8) is 0 Å². The van der Waals surface area contributed by atoms with Crippen LogP contribution in [0.15, 0.2) is 54.7 Å². The SMILES string of the molecule is O=C(C1c2ccccc2Oc2ccccc21)N1CCN(c2cnsn2)CC1. The van der Waals surface area contributed by atoms with Gasteiger partial charge in [-0.05, 0) is 12.1 Å². The Bertz CT molecular complexity index is 922. The van der Waals surface area contributed by atoms with Crippen molar-refractivity contribution in [2.24, 2.45) is 0 Å². The minimum atomic E-state index is -0.321. The topological polar surface area (TPSA) is 58.6 Å². The summed E-state index contributed by atoms with van der Waals surface area (Å²) in [5.41, 5.74) is 1.87. The molecule has 3 aromatic rings. The molecule has 27 heavy (non-hydrogen) atoms. The highest BCUT2D eigenvalue weighted by atomic mass is 32.1. The molecule has 0 radical (unpaired) electrons. The predicted octanol–water partition coefficient (Wildman–Crippen LogP) is 3.12. The number of benzene rings is 2. The molecule has 1 fully saturated rings. The molecule has 1 saturated heterocycles. The first-order chi connectivity index (χ1) is 13.3. The number of para-hydroxylation sites is 2. The minimum Gasteiger partial charge on any atom is -0.457 e. The Morgan fingerprint density at radius 2 is 1.59 bits per heavy atom. The third-order valence-electron chi connectivity index (χ3n) is 5.19. The van der Waals surface area contributed by atoms with Gasteiger partial charge in [0, 0.05) is 37.3 Å². The Balaban J connectivity index is 1.42. The number of ether oxygens (including phenoxy) is 1. The molecule has 0 atom stereocenters. The van der Waals surface area contributed by atoms with Crippen LogP contribution in [0.1, 0.15) is 17.0 Å². The van der Waals surface area contributed by atoms with E-state index < -0.39 is 0 Å². The van der Waals surface area contributed by atoms with Crippen molar-refractivity contribution in [3.05, 3.63) is 65.9 Å². The van der Waals surface area contributed by atoms with Crippen molar-refractivity contribution in [3.8, 4) is 11.5 Å².